The Hall–Kier alpha value is -2.87. The molecule has 3 aliphatic rings. The second kappa shape index (κ2) is 10.8. The lowest BCUT2D eigenvalue weighted by Crippen LogP contribution is -2.43. The highest BCUT2D eigenvalue weighted by Gasteiger charge is 2.42. The van der Waals surface area contributed by atoms with Crippen molar-refractivity contribution in [2.75, 3.05) is 55.1 Å². The predicted molar refractivity (Wildman–Crippen MR) is 142 cm³/mol. The van der Waals surface area contributed by atoms with E-state index >= 15 is 0 Å². The Morgan fingerprint density at radius 2 is 1.75 bits per heavy atom. The van der Waals surface area contributed by atoms with Crippen LogP contribution in [0.1, 0.15) is 43.2 Å². The number of hydrogen-bond donors (Lipinski definition) is 1. The van der Waals surface area contributed by atoms with E-state index in [0.717, 1.165) is 54.9 Å². The highest BCUT2D eigenvalue weighted by molar-refractivity contribution is 7.92. The van der Waals surface area contributed by atoms with E-state index in [1.54, 1.807) is 11.0 Å². The molecule has 2 aromatic rings. The Balaban J connectivity index is 1.21. The largest absolute Gasteiger partial charge is 0.416 e. The Kier molecular flexibility index (Phi) is 7.77. The monoisotopic (exact) mass is 586 g/mol. The van der Waals surface area contributed by atoms with Gasteiger partial charge in [0.15, 0.2) is 5.82 Å². The molecule has 0 radical (unpaired) electrons. The molecule has 0 atom stereocenters. The van der Waals surface area contributed by atoms with Crippen molar-refractivity contribution in [1.29, 1.82) is 0 Å². The Bertz CT molecular complexity index is 1330. The van der Waals surface area contributed by atoms with Crippen LogP contribution in [0.2, 0.25) is 0 Å². The van der Waals surface area contributed by atoms with Crippen molar-refractivity contribution < 1.29 is 30.8 Å². The molecule has 4 heterocycles. The number of carbonyl (C=O) groups excluding carboxylic acids is 1. The fraction of sp³-hybridized carbons (Fsp3) is 0.615. The molecule has 0 unspecified atom stereocenters. The molecule has 9 nitrogen and oxygen atoms in total. The lowest BCUT2D eigenvalue weighted by Gasteiger charge is -2.40. The summed E-state index contributed by atoms with van der Waals surface area (Å²) in [6.45, 7) is 3.93. The van der Waals surface area contributed by atoms with Gasteiger partial charge in [-0.3, -0.25) is 9.62 Å². The van der Waals surface area contributed by atoms with Crippen LogP contribution >= 0.6 is 0 Å². The molecule has 0 saturated carbocycles. The number of benzene rings is 1. The zero-order chi connectivity index (χ0) is 28.7. The molecule has 3 aliphatic heterocycles. The van der Waals surface area contributed by atoms with E-state index in [4.69, 9.17) is 0 Å². The number of alkyl halides is 4. The van der Waals surface area contributed by atoms with Gasteiger partial charge < -0.3 is 9.80 Å². The highest BCUT2D eigenvalue weighted by Crippen LogP contribution is 2.42. The Labute approximate surface area is 231 Å². The number of amides is 1. The predicted octanol–water partition coefficient (Wildman–Crippen LogP) is 4.17. The van der Waals surface area contributed by atoms with Crippen LogP contribution in [0.4, 0.5) is 33.9 Å². The first kappa shape index (κ1) is 28.7. The summed E-state index contributed by atoms with van der Waals surface area (Å²) in [7, 11) is -3.50. The number of carbonyl (C=O) groups is 1. The summed E-state index contributed by atoms with van der Waals surface area (Å²) >= 11 is 0. The van der Waals surface area contributed by atoms with Crippen molar-refractivity contribution >= 4 is 27.6 Å². The number of sulfonamides is 1. The van der Waals surface area contributed by atoms with Crippen molar-refractivity contribution in [2.45, 2.75) is 51.0 Å². The fourth-order valence-corrected chi connectivity index (χ4v) is 6.50. The molecule has 5 rings (SSSR count). The lowest BCUT2D eigenvalue weighted by atomic mass is 9.77. The molecule has 1 N–H and O–H groups in total. The van der Waals surface area contributed by atoms with Crippen LogP contribution in [0.15, 0.2) is 30.5 Å². The zero-order valence-corrected chi connectivity index (χ0v) is 23.1. The molecule has 1 spiro atoms. The Morgan fingerprint density at radius 1 is 1.07 bits per heavy atom. The average molecular weight is 587 g/mol. The van der Waals surface area contributed by atoms with Gasteiger partial charge in [0, 0.05) is 50.7 Å². The smallest absolute Gasteiger partial charge is 0.371 e. The summed E-state index contributed by atoms with van der Waals surface area (Å²) in [6, 6.07) is 4.99. The normalized spacial score (nSPS) is 20.8. The highest BCUT2D eigenvalue weighted by atomic mass is 32.2. The summed E-state index contributed by atoms with van der Waals surface area (Å²) in [5, 5.41) is 4.04. The summed E-state index contributed by atoms with van der Waals surface area (Å²) in [4.78, 5) is 18.8. The van der Waals surface area contributed by atoms with Crippen LogP contribution in [0.5, 0.6) is 0 Å². The molecule has 14 heteroatoms. The summed E-state index contributed by atoms with van der Waals surface area (Å²) in [5.41, 5.74) is 0.600. The van der Waals surface area contributed by atoms with Crippen LogP contribution in [-0.2, 0) is 22.7 Å². The van der Waals surface area contributed by atoms with E-state index in [1.807, 2.05) is 4.90 Å². The van der Waals surface area contributed by atoms with Crippen LogP contribution in [0.25, 0.3) is 0 Å². The van der Waals surface area contributed by atoms with E-state index < -0.39 is 27.9 Å². The van der Waals surface area contributed by atoms with Crippen molar-refractivity contribution in [1.82, 2.24) is 19.6 Å². The first-order chi connectivity index (χ1) is 18.8. The minimum absolute atomic E-state index is 0.0425. The molecule has 1 aromatic carbocycles. The van der Waals surface area contributed by atoms with Crippen molar-refractivity contribution in [3.63, 3.8) is 0 Å². The molecular weight excluding hydrogens is 552 g/mol. The van der Waals surface area contributed by atoms with Gasteiger partial charge in [0.2, 0.25) is 10.0 Å². The van der Waals surface area contributed by atoms with E-state index in [1.165, 1.54) is 18.3 Å². The average Bonchev–Trinajstić information content (AvgIpc) is 3.52. The van der Waals surface area contributed by atoms with Gasteiger partial charge in [-0.05, 0) is 68.3 Å². The van der Waals surface area contributed by atoms with Crippen LogP contribution in [0, 0.1) is 5.41 Å². The third kappa shape index (κ3) is 6.54. The SMILES string of the molecule is CS(=O)(=O)Nc1ccn(C(=O)N2CCC3(CCN(Cc4ccc(C(F)(F)F)cc4N4CCC(F)CC4)CC3)C2)n1. The van der Waals surface area contributed by atoms with E-state index in [-0.39, 0.29) is 17.3 Å². The number of anilines is 2. The van der Waals surface area contributed by atoms with E-state index in [2.05, 4.69) is 14.7 Å². The van der Waals surface area contributed by atoms with Gasteiger partial charge in [-0.1, -0.05) is 6.07 Å². The number of aromatic nitrogens is 2. The molecule has 40 heavy (non-hydrogen) atoms. The summed E-state index contributed by atoms with van der Waals surface area (Å²) in [5.74, 6) is 0.0785. The summed E-state index contributed by atoms with van der Waals surface area (Å²) < 4.78 is 80.4. The van der Waals surface area contributed by atoms with Gasteiger partial charge >= 0.3 is 12.2 Å². The molecular formula is C26H34F4N6O3S. The van der Waals surface area contributed by atoms with Gasteiger partial charge in [0.1, 0.15) is 6.17 Å². The van der Waals surface area contributed by atoms with Gasteiger partial charge in [-0.15, -0.1) is 5.10 Å². The van der Waals surface area contributed by atoms with Gasteiger partial charge in [-0.2, -0.15) is 17.9 Å². The molecule has 220 valence electrons. The number of rotatable bonds is 5. The van der Waals surface area contributed by atoms with E-state index in [0.29, 0.717) is 51.3 Å². The lowest BCUT2D eigenvalue weighted by molar-refractivity contribution is -0.137. The van der Waals surface area contributed by atoms with Gasteiger partial charge in [0.25, 0.3) is 0 Å². The maximum atomic E-state index is 13.7. The molecule has 1 amide bonds. The number of halogens is 4. The van der Waals surface area contributed by atoms with Crippen molar-refractivity contribution in [2.24, 2.45) is 5.41 Å². The number of hydrogen-bond acceptors (Lipinski definition) is 6. The first-order valence-corrected chi connectivity index (χ1v) is 15.3. The van der Waals surface area contributed by atoms with E-state index in [9.17, 15) is 30.8 Å². The van der Waals surface area contributed by atoms with Gasteiger partial charge in [-0.25, -0.2) is 17.6 Å². The van der Waals surface area contributed by atoms with Crippen LogP contribution < -0.4 is 9.62 Å². The minimum atomic E-state index is -4.45. The minimum Gasteiger partial charge on any atom is -0.371 e. The maximum Gasteiger partial charge on any atom is 0.416 e. The van der Waals surface area contributed by atoms with Crippen LogP contribution in [0.3, 0.4) is 0 Å². The zero-order valence-electron chi connectivity index (χ0n) is 22.3. The Morgan fingerprint density at radius 3 is 2.40 bits per heavy atom. The third-order valence-corrected chi connectivity index (χ3v) is 8.85. The number of likely N-dealkylation sites (tertiary alicyclic amines) is 2. The van der Waals surface area contributed by atoms with Crippen molar-refractivity contribution in [3.8, 4) is 0 Å². The maximum absolute atomic E-state index is 13.7. The first-order valence-electron chi connectivity index (χ1n) is 13.4. The molecule has 3 saturated heterocycles. The molecule has 3 fully saturated rings. The summed E-state index contributed by atoms with van der Waals surface area (Å²) in [6.07, 6.45) is 0.235. The molecule has 0 aliphatic carbocycles. The number of nitrogens with zero attached hydrogens (tertiary/aromatic N) is 5. The third-order valence-electron chi connectivity index (χ3n) is 8.27. The second-order valence-corrected chi connectivity index (χ2v) is 13.0. The number of piperidine rings is 2. The quantitative estimate of drug-likeness (QED) is 0.529. The second-order valence-electron chi connectivity index (χ2n) is 11.3. The van der Waals surface area contributed by atoms with Crippen LogP contribution in [-0.4, -0.2) is 85.7 Å². The standard InChI is InChI=1S/C26H34F4N6O3S/c1-40(38,39)32-23-6-12-36(31-23)24(37)35-15-9-25(18-35)7-13-33(14-8-25)17-19-2-3-20(26(28,29)30)16-22(19)34-10-4-21(27)5-11-34/h2-3,6,12,16,21H,4-5,7-11,13-15,17-18H2,1H3,(H,31,32). The molecule has 1 aromatic heterocycles. The molecule has 0 bridgehead atoms. The number of nitrogens with one attached hydrogen (secondary N) is 1. The fourth-order valence-electron chi connectivity index (χ4n) is 6.01. The topological polar surface area (TPSA) is 90.8 Å². The van der Waals surface area contributed by atoms with Gasteiger partial charge in [0.05, 0.1) is 11.8 Å². The van der Waals surface area contributed by atoms with Crippen molar-refractivity contribution in [3.05, 3.63) is 41.6 Å².